The molecule has 0 fully saturated rings. The molecule has 0 radical (unpaired) electrons. The van der Waals surface area contributed by atoms with E-state index in [9.17, 15) is 4.39 Å². The number of para-hydroxylation sites is 1. The minimum atomic E-state index is -0.239. The Bertz CT molecular complexity index is 723. The van der Waals surface area contributed by atoms with Crippen LogP contribution in [0.5, 0.6) is 0 Å². The van der Waals surface area contributed by atoms with Crippen LogP contribution in [0.25, 0.3) is 22.3 Å². The summed E-state index contributed by atoms with van der Waals surface area (Å²) in [6.45, 7) is 1.86. The first-order valence-corrected chi connectivity index (χ1v) is 5.72. The summed E-state index contributed by atoms with van der Waals surface area (Å²) in [5.41, 5.74) is 2.60. The maximum atomic E-state index is 13.1. The lowest BCUT2D eigenvalue weighted by atomic mass is 10.1. The second kappa shape index (κ2) is 4.18. The van der Waals surface area contributed by atoms with Gasteiger partial charge in [0.05, 0.1) is 5.52 Å². The molecule has 88 valence electrons. The molecule has 0 aliphatic rings. The minimum absolute atomic E-state index is 0.239. The van der Waals surface area contributed by atoms with Gasteiger partial charge in [-0.15, -0.1) is 0 Å². The van der Waals surface area contributed by atoms with Gasteiger partial charge in [0, 0.05) is 17.1 Å². The molecule has 0 N–H and O–H groups in total. The Morgan fingerprint density at radius 1 is 1.06 bits per heavy atom. The Labute approximate surface area is 104 Å². The van der Waals surface area contributed by atoms with Crippen LogP contribution in [0.1, 0.15) is 5.56 Å². The molecule has 2 aromatic carbocycles. The van der Waals surface area contributed by atoms with Crippen LogP contribution in [0.3, 0.4) is 0 Å². The van der Waals surface area contributed by atoms with Crippen molar-refractivity contribution in [2.75, 3.05) is 0 Å². The predicted molar refractivity (Wildman–Crippen MR) is 69.7 cm³/mol. The largest absolute Gasteiger partial charge is 0.236 e. The van der Waals surface area contributed by atoms with E-state index in [-0.39, 0.29) is 5.82 Å². The first-order valence-electron chi connectivity index (χ1n) is 5.72. The Balaban J connectivity index is 2.19. The van der Waals surface area contributed by atoms with Gasteiger partial charge in [0.1, 0.15) is 5.82 Å². The summed E-state index contributed by atoms with van der Waals surface area (Å²) < 4.78 is 13.1. The molecule has 1 aromatic heterocycles. The third-order valence-electron chi connectivity index (χ3n) is 2.92. The van der Waals surface area contributed by atoms with Gasteiger partial charge in [-0.25, -0.2) is 14.4 Å². The molecule has 0 aliphatic heterocycles. The molecule has 18 heavy (non-hydrogen) atoms. The van der Waals surface area contributed by atoms with E-state index in [2.05, 4.69) is 9.97 Å². The van der Waals surface area contributed by atoms with Crippen molar-refractivity contribution in [3.05, 3.63) is 60.0 Å². The normalized spacial score (nSPS) is 10.8. The van der Waals surface area contributed by atoms with Crippen LogP contribution in [-0.4, -0.2) is 9.97 Å². The highest BCUT2D eigenvalue weighted by molar-refractivity contribution is 5.79. The number of hydrogen-bond donors (Lipinski definition) is 0. The molecule has 0 saturated heterocycles. The fraction of sp³-hybridized carbons (Fsp3) is 0.0667. The molecule has 0 unspecified atom stereocenters. The number of aromatic nitrogens is 2. The van der Waals surface area contributed by atoms with E-state index in [1.807, 2.05) is 31.2 Å². The number of rotatable bonds is 1. The van der Waals surface area contributed by atoms with Crippen molar-refractivity contribution < 1.29 is 4.39 Å². The van der Waals surface area contributed by atoms with Crippen LogP contribution in [0.15, 0.2) is 48.7 Å². The van der Waals surface area contributed by atoms with Crippen LogP contribution in [-0.2, 0) is 0 Å². The Hall–Kier alpha value is -2.29. The van der Waals surface area contributed by atoms with Gasteiger partial charge in [0.25, 0.3) is 0 Å². The molecule has 0 bridgehead atoms. The van der Waals surface area contributed by atoms with Crippen molar-refractivity contribution in [1.82, 2.24) is 9.97 Å². The van der Waals surface area contributed by atoms with Crippen LogP contribution in [0, 0.1) is 12.7 Å². The highest BCUT2D eigenvalue weighted by Crippen LogP contribution is 2.22. The zero-order valence-electron chi connectivity index (χ0n) is 9.89. The fourth-order valence-electron chi connectivity index (χ4n) is 1.98. The monoisotopic (exact) mass is 238 g/mol. The van der Waals surface area contributed by atoms with Crippen molar-refractivity contribution in [2.45, 2.75) is 6.92 Å². The zero-order valence-corrected chi connectivity index (χ0v) is 9.89. The van der Waals surface area contributed by atoms with E-state index in [4.69, 9.17) is 0 Å². The zero-order chi connectivity index (χ0) is 12.5. The van der Waals surface area contributed by atoms with Gasteiger partial charge in [-0.1, -0.05) is 18.2 Å². The molecular formula is C15H11FN2. The molecule has 0 amide bonds. The number of benzene rings is 2. The van der Waals surface area contributed by atoms with Gasteiger partial charge in [-0.3, -0.25) is 0 Å². The van der Waals surface area contributed by atoms with E-state index >= 15 is 0 Å². The average molecular weight is 238 g/mol. The highest BCUT2D eigenvalue weighted by atomic mass is 19.1. The minimum Gasteiger partial charge on any atom is -0.236 e. The molecule has 0 aliphatic carbocycles. The molecule has 0 saturated carbocycles. The summed E-state index contributed by atoms with van der Waals surface area (Å²) in [6, 6.07) is 12.4. The topological polar surface area (TPSA) is 25.8 Å². The van der Waals surface area contributed by atoms with Gasteiger partial charge in [0.15, 0.2) is 5.82 Å². The third kappa shape index (κ3) is 1.84. The molecule has 0 atom stereocenters. The van der Waals surface area contributed by atoms with Gasteiger partial charge in [-0.2, -0.15) is 0 Å². The van der Waals surface area contributed by atoms with Crippen LogP contribution >= 0.6 is 0 Å². The quantitative estimate of drug-likeness (QED) is 0.645. The van der Waals surface area contributed by atoms with Gasteiger partial charge in [-0.05, 0) is 36.8 Å². The smallest absolute Gasteiger partial charge is 0.160 e. The van der Waals surface area contributed by atoms with E-state index in [1.54, 1.807) is 12.3 Å². The predicted octanol–water partition coefficient (Wildman–Crippen LogP) is 3.74. The Morgan fingerprint density at radius 3 is 2.72 bits per heavy atom. The molecule has 1 heterocycles. The highest BCUT2D eigenvalue weighted by Gasteiger charge is 2.06. The summed E-state index contributed by atoms with van der Waals surface area (Å²) in [5, 5.41) is 1.00. The van der Waals surface area contributed by atoms with Gasteiger partial charge in [0.2, 0.25) is 0 Å². The first-order chi connectivity index (χ1) is 8.74. The van der Waals surface area contributed by atoms with Gasteiger partial charge < -0.3 is 0 Å². The maximum absolute atomic E-state index is 13.1. The molecule has 3 aromatic rings. The second-order valence-corrected chi connectivity index (χ2v) is 4.21. The van der Waals surface area contributed by atoms with E-state index in [1.165, 1.54) is 12.1 Å². The molecule has 2 nitrogen and oxygen atoms in total. The van der Waals surface area contributed by atoms with Crippen LogP contribution in [0.2, 0.25) is 0 Å². The molecule has 0 spiro atoms. The van der Waals surface area contributed by atoms with Crippen molar-refractivity contribution in [3.63, 3.8) is 0 Å². The molecule has 3 rings (SSSR count). The molecule has 3 heteroatoms. The lowest BCUT2D eigenvalue weighted by Gasteiger charge is -2.05. The van der Waals surface area contributed by atoms with Crippen molar-refractivity contribution in [3.8, 4) is 11.4 Å². The summed E-state index contributed by atoms with van der Waals surface area (Å²) in [5.74, 6) is 0.392. The lowest BCUT2D eigenvalue weighted by Crippen LogP contribution is -1.92. The average Bonchev–Trinajstić information content (AvgIpc) is 2.38. The van der Waals surface area contributed by atoms with E-state index in [0.29, 0.717) is 5.82 Å². The van der Waals surface area contributed by atoms with Crippen LogP contribution in [0.4, 0.5) is 4.39 Å². The Morgan fingerprint density at radius 2 is 1.89 bits per heavy atom. The number of halogens is 1. The maximum Gasteiger partial charge on any atom is 0.160 e. The number of nitrogens with zero attached hydrogens (tertiary/aromatic N) is 2. The third-order valence-corrected chi connectivity index (χ3v) is 2.92. The first kappa shape index (κ1) is 10.8. The standard InChI is InChI=1S/C15H11FN2/c1-10-8-12(16)6-7-13(10)15-17-9-11-4-2-3-5-14(11)18-15/h2-9H,1H3. The van der Waals surface area contributed by atoms with Crippen molar-refractivity contribution in [1.29, 1.82) is 0 Å². The second-order valence-electron chi connectivity index (χ2n) is 4.21. The van der Waals surface area contributed by atoms with Crippen molar-refractivity contribution in [2.24, 2.45) is 0 Å². The van der Waals surface area contributed by atoms with E-state index in [0.717, 1.165) is 22.0 Å². The lowest BCUT2D eigenvalue weighted by molar-refractivity contribution is 0.627. The summed E-state index contributed by atoms with van der Waals surface area (Å²) in [7, 11) is 0. The summed E-state index contributed by atoms with van der Waals surface area (Å²) in [6.07, 6.45) is 1.79. The van der Waals surface area contributed by atoms with Crippen molar-refractivity contribution >= 4 is 10.9 Å². The number of fused-ring (bicyclic) bond motifs is 1. The van der Waals surface area contributed by atoms with E-state index < -0.39 is 0 Å². The number of aryl methyl sites for hydroxylation is 1. The van der Waals surface area contributed by atoms with Gasteiger partial charge >= 0.3 is 0 Å². The fourth-order valence-corrected chi connectivity index (χ4v) is 1.98. The summed E-state index contributed by atoms with van der Waals surface area (Å²) >= 11 is 0. The molecular weight excluding hydrogens is 227 g/mol. The number of hydrogen-bond acceptors (Lipinski definition) is 2. The SMILES string of the molecule is Cc1cc(F)ccc1-c1ncc2ccccc2n1. The summed E-state index contributed by atoms with van der Waals surface area (Å²) in [4.78, 5) is 8.84. The van der Waals surface area contributed by atoms with Crippen LogP contribution < -0.4 is 0 Å². The Kier molecular flexibility index (Phi) is 2.52.